The molecule has 130 valence electrons. The van der Waals surface area contributed by atoms with Gasteiger partial charge in [-0.1, -0.05) is 6.07 Å². The van der Waals surface area contributed by atoms with Gasteiger partial charge in [0.1, 0.15) is 17.3 Å². The number of aryl methyl sites for hydroxylation is 1. The van der Waals surface area contributed by atoms with Crippen molar-refractivity contribution in [1.29, 1.82) is 0 Å². The summed E-state index contributed by atoms with van der Waals surface area (Å²) in [5, 5.41) is 1.88. The van der Waals surface area contributed by atoms with Crippen LogP contribution in [0.25, 0.3) is 0 Å². The molecular formula is C16H16F4N2S2. The number of halogens is 4. The Morgan fingerprint density at radius 1 is 1.29 bits per heavy atom. The van der Waals surface area contributed by atoms with E-state index in [1.807, 2.05) is 17.5 Å². The highest BCUT2D eigenvalue weighted by atomic mass is 32.2. The third kappa shape index (κ3) is 4.98. The van der Waals surface area contributed by atoms with Gasteiger partial charge < -0.3 is 4.90 Å². The van der Waals surface area contributed by atoms with Gasteiger partial charge in [-0.25, -0.2) is 9.38 Å². The van der Waals surface area contributed by atoms with Gasteiger partial charge in [0.05, 0.1) is 10.6 Å². The van der Waals surface area contributed by atoms with Crippen LogP contribution in [0.1, 0.15) is 10.4 Å². The molecule has 0 saturated heterocycles. The van der Waals surface area contributed by atoms with Gasteiger partial charge in [-0.3, -0.25) is 0 Å². The Balaban J connectivity index is 2.40. The van der Waals surface area contributed by atoms with Crippen LogP contribution in [0.2, 0.25) is 0 Å². The van der Waals surface area contributed by atoms with Crippen LogP contribution in [0, 0.1) is 12.7 Å². The highest BCUT2D eigenvalue weighted by molar-refractivity contribution is 7.99. The second kappa shape index (κ2) is 7.57. The fourth-order valence-corrected chi connectivity index (χ4v) is 3.53. The Labute approximate surface area is 146 Å². The average molecular weight is 376 g/mol. The van der Waals surface area contributed by atoms with Gasteiger partial charge in [-0.05, 0) is 36.1 Å². The minimum absolute atomic E-state index is 0.0300. The second-order valence-corrected chi connectivity index (χ2v) is 7.24. The number of thiophene rings is 1. The first-order chi connectivity index (χ1) is 11.2. The van der Waals surface area contributed by atoms with Crippen LogP contribution in [0.15, 0.2) is 39.5 Å². The Kier molecular flexibility index (Phi) is 5.92. The standard InChI is InChI=1S/C16H16F4N2S2/c1-10-7-11(17)12(8-14(10)24-9-16(18,19)20)21-15(22(2)3)13-5-4-6-23-13/h4-8H,9H2,1-3H3. The molecule has 0 unspecified atom stereocenters. The molecule has 0 spiro atoms. The predicted octanol–water partition coefficient (Wildman–Crippen LogP) is 5.49. The van der Waals surface area contributed by atoms with E-state index in [1.54, 1.807) is 25.9 Å². The molecule has 0 amide bonds. The van der Waals surface area contributed by atoms with Crippen molar-refractivity contribution in [3.8, 4) is 0 Å². The predicted molar refractivity (Wildman–Crippen MR) is 92.1 cm³/mol. The molecule has 8 heteroatoms. The van der Waals surface area contributed by atoms with E-state index in [4.69, 9.17) is 0 Å². The lowest BCUT2D eigenvalue weighted by molar-refractivity contribution is -0.105. The lowest BCUT2D eigenvalue weighted by Crippen LogP contribution is -2.21. The van der Waals surface area contributed by atoms with E-state index in [-0.39, 0.29) is 5.69 Å². The molecule has 1 aromatic heterocycles. The summed E-state index contributed by atoms with van der Waals surface area (Å²) in [5.41, 5.74) is 0.491. The molecule has 1 heterocycles. The molecule has 0 N–H and O–H groups in total. The summed E-state index contributed by atoms with van der Waals surface area (Å²) in [6.45, 7) is 1.58. The van der Waals surface area contributed by atoms with Crippen molar-refractivity contribution in [3.63, 3.8) is 0 Å². The molecule has 2 nitrogen and oxygen atoms in total. The van der Waals surface area contributed by atoms with Gasteiger partial charge in [-0.15, -0.1) is 23.1 Å². The summed E-state index contributed by atoms with van der Waals surface area (Å²) in [6, 6.07) is 6.31. The van der Waals surface area contributed by atoms with E-state index >= 15 is 0 Å². The van der Waals surface area contributed by atoms with Crippen LogP contribution in [-0.4, -0.2) is 36.8 Å². The maximum absolute atomic E-state index is 14.2. The van der Waals surface area contributed by atoms with Gasteiger partial charge in [0.2, 0.25) is 0 Å². The van der Waals surface area contributed by atoms with Crippen molar-refractivity contribution < 1.29 is 17.6 Å². The van der Waals surface area contributed by atoms with Crippen molar-refractivity contribution >= 4 is 34.6 Å². The molecular weight excluding hydrogens is 360 g/mol. The molecule has 0 bridgehead atoms. The first-order valence-electron chi connectivity index (χ1n) is 6.97. The summed E-state index contributed by atoms with van der Waals surface area (Å²) in [7, 11) is 3.56. The normalized spacial score (nSPS) is 12.5. The Bertz CT molecular complexity index is 722. The third-order valence-electron chi connectivity index (χ3n) is 3.03. The van der Waals surface area contributed by atoms with Crippen molar-refractivity contribution in [2.24, 2.45) is 4.99 Å². The maximum atomic E-state index is 14.2. The first kappa shape index (κ1) is 18.8. The summed E-state index contributed by atoms with van der Waals surface area (Å²) in [6.07, 6.45) is -4.28. The number of alkyl halides is 3. The minimum Gasteiger partial charge on any atom is -0.362 e. The van der Waals surface area contributed by atoms with Crippen LogP contribution in [0.4, 0.5) is 23.2 Å². The monoisotopic (exact) mass is 376 g/mol. The molecule has 1 aromatic carbocycles. The van der Waals surface area contributed by atoms with E-state index in [0.29, 0.717) is 28.1 Å². The van der Waals surface area contributed by atoms with Crippen LogP contribution >= 0.6 is 23.1 Å². The van der Waals surface area contributed by atoms with Crippen molar-refractivity contribution in [2.75, 3.05) is 19.8 Å². The quantitative estimate of drug-likeness (QED) is 0.303. The van der Waals surface area contributed by atoms with E-state index in [0.717, 1.165) is 4.88 Å². The number of hydrogen-bond donors (Lipinski definition) is 0. The van der Waals surface area contributed by atoms with E-state index in [2.05, 4.69) is 4.99 Å². The molecule has 2 aromatic rings. The Morgan fingerprint density at radius 2 is 2.00 bits per heavy atom. The summed E-state index contributed by atoms with van der Waals surface area (Å²) >= 11 is 2.09. The first-order valence-corrected chi connectivity index (χ1v) is 8.83. The molecule has 0 aliphatic rings. The van der Waals surface area contributed by atoms with E-state index in [1.165, 1.54) is 23.5 Å². The number of hydrogen-bond acceptors (Lipinski definition) is 3. The van der Waals surface area contributed by atoms with Crippen molar-refractivity contribution in [3.05, 3.63) is 45.9 Å². The number of amidine groups is 1. The van der Waals surface area contributed by atoms with Gasteiger partial charge in [0.25, 0.3) is 0 Å². The summed E-state index contributed by atoms with van der Waals surface area (Å²) < 4.78 is 51.5. The van der Waals surface area contributed by atoms with E-state index < -0.39 is 17.7 Å². The maximum Gasteiger partial charge on any atom is 0.398 e. The fourth-order valence-electron chi connectivity index (χ4n) is 1.94. The zero-order valence-corrected chi connectivity index (χ0v) is 14.9. The number of rotatable bonds is 4. The second-order valence-electron chi connectivity index (χ2n) is 5.28. The van der Waals surface area contributed by atoms with Gasteiger partial charge in [0.15, 0.2) is 0 Å². The van der Waals surface area contributed by atoms with Crippen LogP contribution in [0.3, 0.4) is 0 Å². The molecule has 0 aliphatic carbocycles. The van der Waals surface area contributed by atoms with Crippen LogP contribution in [0.5, 0.6) is 0 Å². The summed E-state index contributed by atoms with van der Waals surface area (Å²) in [5.74, 6) is -1.02. The third-order valence-corrected chi connectivity index (χ3v) is 5.12. The summed E-state index contributed by atoms with van der Waals surface area (Å²) in [4.78, 5) is 7.30. The van der Waals surface area contributed by atoms with Crippen molar-refractivity contribution in [1.82, 2.24) is 4.90 Å². The molecule has 2 rings (SSSR count). The van der Waals surface area contributed by atoms with Gasteiger partial charge >= 0.3 is 6.18 Å². The number of nitrogens with zero attached hydrogens (tertiary/aromatic N) is 2. The van der Waals surface area contributed by atoms with E-state index in [9.17, 15) is 17.6 Å². The van der Waals surface area contributed by atoms with Gasteiger partial charge in [-0.2, -0.15) is 13.2 Å². The molecule has 0 aliphatic heterocycles. The molecule has 0 atom stereocenters. The lowest BCUT2D eigenvalue weighted by atomic mass is 10.2. The number of thioether (sulfide) groups is 1. The number of aliphatic imine (C=N–C) groups is 1. The lowest BCUT2D eigenvalue weighted by Gasteiger charge is -2.15. The molecule has 0 fully saturated rings. The highest BCUT2D eigenvalue weighted by Crippen LogP contribution is 2.33. The topological polar surface area (TPSA) is 15.6 Å². The molecule has 24 heavy (non-hydrogen) atoms. The smallest absolute Gasteiger partial charge is 0.362 e. The highest BCUT2D eigenvalue weighted by Gasteiger charge is 2.27. The molecule has 0 saturated carbocycles. The Hall–Kier alpha value is -1.54. The molecule has 0 radical (unpaired) electrons. The largest absolute Gasteiger partial charge is 0.398 e. The number of benzene rings is 1. The minimum atomic E-state index is -4.28. The van der Waals surface area contributed by atoms with Crippen molar-refractivity contribution in [2.45, 2.75) is 18.0 Å². The van der Waals surface area contributed by atoms with Crippen LogP contribution in [-0.2, 0) is 0 Å². The van der Waals surface area contributed by atoms with Crippen LogP contribution < -0.4 is 0 Å². The zero-order chi connectivity index (χ0) is 17.9. The SMILES string of the molecule is Cc1cc(F)c(N=C(c2cccs2)N(C)C)cc1SCC(F)(F)F. The zero-order valence-electron chi connectivity index (χ0n) is 13.3. The Morgan fingerprint density at radius 3 is 2.54 bits per heavy atom. The fraction of sp³-hybridized carbons (Fsp3) is 0.312. The average Bonchev–Trinajstić information content (AvgIpc) is 2.97. The van der Waals surface area contributed by atoms with Gasteiger partial charge in [0, 0.05) is 19.0 Å².